The molecule has 0 bridgehead atoms. The van der Waals surface area contributed by atoms with Crippen LogP contribution in [0.15, 0.2) is 66.7 Å². The summed E-state index contributed by atoms with van der Waals surface area (Å²) in [5.41, 5.74) is 3.17. The average molecular weight is 596 g/mol. The number of carbonyl (C=O) groups is 2. The Kier molecular flexibility index (Phi) is 10.9. The van der Waals surface area contributed by atoms with Gasteiger partial charge in [0, 0.05) is 12.1 Å². The predicted octanol–water partition coefficient (Wildman–Crippen LogP) is 8.70. The van der Waals surface area contributed by atoms with Crippen molar-refractivity contribution in [1.82, 2.24) is 5.32 Å². The molecule has 1 amide bonds. The highest BCUT2D eigenvalue weighted by Crippen LogP contribution is 2.37. The molecule has 1 fully saturated rings. The molecule has 3 aromatic carbocycles. The molecule has 43 heavy (non-hydrogen) atoms. The van der Waals surface area contributed by atoms with Gasteiger partial charge in [0.15, 0.2) is 0 Å². The van der Waals surface area contributed by atoms with Gasteiger partial charge in [0.05, 0.1) is 18.1 Å². The number of carbonyl (C=O) groups excluding carboxylic acids is 2. The number of benzene rings is 3. The first-order valence-corrected chi connectivity index (χ1v) is 15.0. The maximum atomic E-state index is 13.0. The van der Waals surface area contributed by atoms with Crippen molar-refractivity contribution < 1.29 is 32.2 Å². The van der Waals surface area contributed by atoms with Crippen LogP contribution in [0.4, 0.5) is 13.2 Å². The van der Waals surface area contributed by atoms with E-state index in [-0.39, 0.29) is 24.5 Å². The number of ether oxygens (including phenoxy) is 2. The highest BCUT2D eigenvalue weighted by Gasteiger charge is 2.30. The Morgan fingerprint density at radius 2 is 1.56 bits per heavy atom. The van der Waals surface area contributed by atoms with E-state index in [1.165, 1.54) is 31.4 Å². The number of rotatable bonds is 11. The number of amides is 1. The third-order valence-electron chi connectivity index (χ3n) is 8.06. The van der Waals surface area contributed by atoms with Crippen LogP contribution in [-0.2, 0) is 15.7 Å². The maximum absolute atomic E-state index is 13.0. The molecular formula is C35H40F3NO4. The zero-order valence-corrected chi connectivity index (χ0v) is 25.0. The second kappa shape index (κ2) is 14.6. The number of hydrogen-bond acceptors (Lipinski definition) is 4. The van der Waals surface area contributed by atoms with Gasteiger partial charge in [-0.2, -0.15) is 13.2 Å². The van der Waals surface area contributed by atoms with E-state index in [1.807, 2.05) is 37.3 Å². The van der Waals surface area contributed by atoms with Crippen molar-refractivity contribution in [2.75, 3.05) is 13.2 Å². The van der Waals surface area contributed by atoms with E-state index in [4.69, 9.17) is 9.47 Å². The van der Waals surface area contributed by atoms with Crippen LogP contribution >= 0.6 is 0 Å². The third kappa shape index (κ3) is 8.85. The second-order valence-corrected chi connectivity index (χ2v) is 11.4. The molecule has 0 aliphatic heterocycles. The van der Waals surface area contributed by atoms with Crippen LogP contribution in [-0.4, -0.2) is 25.0 Å². The highest BCUT2D eigenvalue weighted by molar-refractivity contribution is 5.94. The summed E-state index contributed by atoms with van der Waals surface area (Å²) in [6, 6.07) is 18.3. The van der Waals surface area contributed by atoms with Crippen molar-refractivity contribution in [3.8, 4) is 16.9 Å². The topological polar surface area (TPSA) is 64.6 Å². The first-order chi connectivity index (χ1) is 20.5. The van der Waals surface area contributed by atoms with Gasteiger partial charge in [-0.1, -0.05) is 75.4 Å². The molecule has 2 unspecified atom stereocenters. The zero-order valence-electron chi connectivity index (χ0n) is 25.0. The Morgan fingerprint density at radius 1 is 0.930 bits per heavy atom. The van der Waals surface area contributed by atoms with Crippen LogP contribution in [0.5, 0.6) is 5.75 Å². The van der Waals surface area contributed by atoms with Crippen LogP contribution in [0.3, 0.4) is 0 Å². The molecule has 0 saturated heterocycles. The number of halogens is 3. The molecule has 0 heterocycles. The number of nitrogens with one attached hydrogen (secondary N) is 1. The third-order valence-corrected chi connectivity index (χ3v) is 8.06. The molecule has 4 rings (SSSR count). The lowest BCUT2D eigenvalue weighted by molar-refractivity contribution is -0.147. The maximum Gasteiger partial charge on any atom is 0.416 e. The molecule has 230 valence electrons. The van der Waals surface area contributed by atoms with Gasteiger partial charge in [0.1, 0.15) is 11.9 Å². The minimum atomic E-state index is -4.37. The van der Waals surface area contributed by atoms with Gasteiger partial charge in [0.25, 0.3) is 5.91 Å². The Balaban J connectivity index is 1.49. The number of aryl methyl sites for hydroxylation is 1. The Bertz CT molecular complexity index is 1360. The van der Waals surface area contributed by atoms with Crippen molar-refractivity contribution in [2.24, 2.45) is 11.8 Å². The smallest absolute Gasteiger partial charge is 0.416 e. The standard InChI is InChI=1S/C35H40F3NO4/c1-4-42-34(41)24(3)22-39-33(40)29-16-19-31(23(2)20-29)43-32(21-25-8-6-5-7-9-25)28-12-10-26(11-13-28)27-14-17-30(18-15-27)35(36,37)38/h10-20,24-25,32H,4-9,21-22H2,1-3H3,(H,39,40). The molecule has 0 aromatic heterocycles. The molecule has 0 spiro atoms. The molecule has 1 saturated carbocycles. The molecule has 1 aliphatic rings. The van der Waals surface area contributed by atoms with Gasteiger partial charge in [0.2, 0.25) is 0 Å². The van der Waals surface area contributed by atoms with Gasteiger partial charge < -0.3 is 14.8 Å². The fraction of sp³-hybridized carbons (Fsp3) is 0.429. The summed E-state index contributed by atoms with van der Waals surface area (Å²) in [5, 5.41) is 2.80. The van der Waals surface area contributed by atoms with E-state index in [1.54, 1.807) is 26.0 Å². The minimum Gasteiger partial charge on any atom is -0.485 e. The number of esters is 1. The number of hydrogen-bond donors (Lipinski definition) is 1. The summed E-state index contributed by atoms with van der Waals surface area (Å²) >= 11 is 0. The molecule has 1 aliphatic carbocycles. The highest BCUT2D eigenvalue weighted by atomic mass is 19.4. The molecule has 3 aromatic rings. The molecule has 5 nitrogen and oxygen atoms in total. The lowest BCUT2D eigenvalue weighted by Crippen LogP contribution is -2.32. The first kappa shape index (κ1) is 32.1. The summed E-state index contributed by atoms with van der Waals surface area (Å²) < 4.78 is 50.6. The van der Waals surface area contributed by atoms with Crippen molar-refractivity contribution >= 4 is 11.9 Å². The van der Waals surface area contributed by atoms with E-state index >= 15 is 0 Å². The van der Waals surface area contributed by atoms with Crippen molar-refractivity contribution in [3.05, 3.63) is 89.0 Å². The van der Waals surface area contributed by atoms with Gasteiger partial charge in [-0.05, 0) is 78.8 Å². The normalized spacial score (nSPS) is 15.4. The predicted molar refractivity (Wildman–Crippen MR) is 161 cm³/mol. The van der Waals surface area contributed by atoms with E-state index in [9.17, 15) is 22.8 Å². The first-order valence-electron chi connectivity index (χ1n) is 15.0. The largest absolute Gasteiger partial charge is 0.485 e. The van der Waals surface area contributed by atoms with Crippen LogP contribution < -0.4 is 10.1 Å². The van der Waals surface area contributed by atoms with Crippen LogP contribution in [0.25, 0.3) is 11.1 Å². The monoisotopic (exact) mass is 595 g/mol. The van der Waals surface area contributed by atoms with Crippen LogP contribution in [0, 0.1) is 18.8 Å². The summed E-state index contributed by atoms with van der Waals surface area (Å²) in [6.07, 6.45) is 2.27. The Morgan fingerprint density at radius 3 is 2.14 bits per heavy atom. The van der Waals surface area contributed by atoms with Crippen LogP contribution in [0.2, 0.25) is 0 Å². The Labute approximate surface area is 251 Å². The van der Waals surface area contributed by atoms with E-state index in [0.29, 0.717) is 29.4 Å². The summed E-state index contributed by atoms with van der Waals surface area (Å²) in [5.74, 6) is 0.158. The van der Waals surface area contributed by atoms with E-state index in [0.717, 1.165) is 48.1 Å². The molecule has 1 N–H and O–H groups in total. The zero-order chi connectivity index (χ0) is 31.0. The van der Waals surface area contributed by atoms with Gasteiger partial charge in [-0.15, -0.1) is 0 Å². The van der Waals surface area contributed by atoms with E-state index < -0.39 is 17.7 Å². The molecule has 0 radical (unpaired) electrons. The Hall–Kier alpha value is -3.81. The summed E-state index contributed by atoms with van der Waals surface area (Å²) in [7, 11) is 0. The van der Waals surface area contributed by atoms with Crippen LogP contribution in [0.1, 0.15) is 85.5 Å². The minimum absolute atomic E-state index is 0.181. The van der Waals surface area contributed by atoms with Gasteiger partial charge >= 0.3 is 12.1 Å². The summed E-state index contributed by atoms with van der Waals surface area (Å²) in [6.45, 7) is 5.83. The van der Waals surface area contributed by atoms with Crippen molar-refractivity contribution in [2.45, 2.75) is 71.6 Å². The lowest BCUT2D eigenvalue weighted by Gasteiger charge is -2.28. The van der Waals surface area contributed by atoms with Gasteiger partial charge in [-0.25, -0.2) is 0 Å². The van der Waals surface area contributed by atoms with Crippen molar-refractivity contribution in [1.29, 1.82) is 0 Å². The van der Waals surface area contributed by atoms with Crippen molar-refractivity contribution in [3.63, 3.8) is 0 Å². The van der Waals surface area contributed by atoms with E-state index in [2.05, 4.69) is 5.32 Å². The SMILES string of the molecule is CCOC(=O)C(C)CNC(=O)c1ccc(OC(CC2CCCCC2)c2ccc(-c3ccc(C(F)(F)F)cc3)cc2)c(C)c1. The quantitative estimate of drug-likeness (QED) is 0.225. The molecule has 2 atom stereocenters. The van der Waals surface area contributed by atoms with Gasteiger partial charge in [-0.3, -0.25) is 9.59 Å². The molecule has 8 heteroatoms. The fourth-order valence-electron chi connectivity index (χ4n) is 5.51. The molecular weight excluding hydrogens is 555 g/mol. The number of alkyl halides is 3. The fourth-order valence-corrected chi connectivity index (χ4v) is 5.51. The second-order valence-electron chi connectivity index (χ2n) is 11.4. The average Bonchev–Trinajstić information content (AvgIpc) is 3.00. The summed E-state index contributed by atoms with van der Waals surface area (Å²) in [4.78, 5) is 24.6. The lowest BCUT2D eigenvalue weighted by atomic mass is 9.84.